The van der Waals surface area contributed by atoms with Crippen LogP contribution in [0.5, 0.6) is 0 Å². The van der Waals surface area contributed by atoms with Gasteiger partial charge in [-0.05, 0) is 23.6 Å². The number of Topliss-reactive ketones (excluding diaryl/α,β-unsaturated/α-hetero) is 2. The first-order chi connectivity index (χ1) is 10.0. The highest BCUT2D eigenvalue weighted by Crippen LogP contribution is 2.33. The number of hydrogen-bond acceptors (Lipinski definition) is 4. The Morgan fingerprint density at radius 1 is 1.14 bits per heavy atom. The van der Waals surface area contributed by atoms with Crippen LogP contribution in [-0.4, -0.2) is 24.0 Å². The first-order valence-electron chi connectivity index (χ1n) is 5.91. The zero-order chi connectivity index (χ0) is 15.1. The number of carbonyl (C=O) groups excluding carboxylic acids is 3. The molecule has 0 radical (unpaired) electrons. The Bertz CT molecular complexity index is 771. The first-order valence-corrected chi connectivity index (χ1v) is 6.79. The van der Waals surface area contributed by atoms with E-state index in [9.17, 15) is 23.2 Å². The summed E-state index contributed by atoms with van der Waals surface area (Å²) in [5.41, 5.74) is -1.08. The van der Waals surface area contributed by atoms with E-state index in [2.05, 4.69) is 0 Å². The third kappa shape index (κ3) is 2.06. The number of nitrogens with zero attached hydrogens (tertiary/aromatic N) is 1. The molecular formula is C14H7F2NO3S. The number of rotatable bonds is 3. The van der Waals surface area contributed by atoms with Gasteiger partial charge in [-0.2, -0.15) is 0 Å². The number of thiophene rings is 1. The van der Waals surface area contributed by atoms with E-state index in [1.807, 2.05) is 0 Å². The van der Waals surface area contributed by atoms with Crippen LogP contribution in [0.3, 0.4) is 0 Å². The number of amides is 1. The van der Waals surface area contributed by atoms with Gasteiger partial charge >= 0.3 is 0 Å². The largest absolute Gasteiger partial charge is 0.300 e. The molecule has 3 rings (SSSR count). The van der Waals surface area contributed by atoms with E-state index in [1.165, 1.54) is 0 Å². The maximum atomic E-state index is 13.8. The van der Waals surface area contributed by atoms with Gasteiger partial charge in [0.15, 0.2) is 5.78 Å². The minimum Gasteiger partial charge on any atom is -0.294 e. The molecule has 1 aliphatic heterocycles. The number of hydrogen-bond donors (Lipinski definition) is 0. The summed E-state index contributed by atoms with van der Waals surface area (Å²) in [5.74, 6) is -4.57. The topological polar surface area (TPSA) is 54.5 Å². The normalized spacial score (nSPS) is 13.7. The molecule has 0 fully saturated rings. The molecule has 2 heterocycles. The molecule has 0 saturated heterocycles. The van der Waals surface area contributed by atoms with E-state index in [1.54, 1.807) is 17.5 Å². The number of benzene rings is 1. The van der Waals surface area contributed by atoms with Gasteiger partial charge in [-0.3, -0.25) is 19.3 Å². The van der Waals surface area contributed by atoms with Crippen LogP contribution in [0.15, 0.2) is 29.6 Å². The smallest absolute Gasteiger partial charge is 0.294 e. The molecule has 0 aliphatic carbocycles. The molecule has 1 aromatic carbocycles. The van der Waals surface area contributed by atoms with Crippen LogP contribution in [-0.2, 0) is 4.79 Å². The van der Waals surface area contributed by atoms with Gasteiger partial charge in [-0.1, -0.05) is 6.07 Å². The Morgan fingerprint density at radius 3 is 2.52 bits per heavy atom. The summed E-state index contributed by atoms with van der Waals surface area (Å²) in [6.07, 6.45) is 0. The lowest BCUT2D eigenvalue weighted by Crippen LogP contribution is -2.34. The van der Waals surface area contributed by atoms with Crippen molar-refractivity contribution in [3.05, 3.63) is 51.7 Å². The summed E-state index contributed by atoms with van der Waals surface area (Å²) in [7, 11) is 0. The number of fused-ring (bicyclic) bond motifs is 1. The molecule has 0 saturated carbocycles. The monoisotopic (exact) mass is 307 g/mol. The second-order valence-electron chi connectivity index (χ2n) is 4.37. The maximum Gasteiger partial charge on any atom is 0.300 e. The van der Waals surface area contributed by atoms with Gasteiger partial charge in [0.25, 0.3) is 11.7 Å². The second-order valence-corrected chi connectivity index (χ2v) is 5.32. The summed E-state index contributed by atoms with van der Waals surface area (Å²) in [4.78, 5) is 36.7. The Labute approximate surface area is 121 Å². The first kappa shape index (κ1) is 13.6. The molecule has 2 aromatic rings. The van der Waals surface area contributed by atoms with E-state index in [0.29, 0.717) is 9.78 Å². The number of halogens is 2. The maximum absolute atomic E-state index is 13.8. The van der Waals surface area contributed by atoms with Crippen molar-refractivity contribution >= 4 is 34.5 Å². The average molecular weight is 307 g/mol. The minimum absolute atomic E-state index is 0.375. The lowest BCUT2D eigenvalue weighted by Gasteiger charge is -2.15. The van der Waals surface area contributed by atoms with Gasteiger partial charge in [0.2, 0.25) is 0 Å². The zero-order valence-corrected chi connectivity index (χ0v) is 11.2. The summed E-state index contributed by atoms with van der Waals surface area (Å²) >= 11 is 1.16. The summed E-state index contributed by atoms with van der Waals surface area (Å²) in [5, 5.41) is 1.68. The molecule has 21 heavy (non-hydrogen) atoms. The highest BCUT2D eigenvalue weighted by molar-refractivity contribution is 7.12. The van der Waals surface area contributed by atoms with E-state index in [4.69, 9.17) is 0 Å². The van der Waals surface area contributed by atoms with Crippen molar-refractivity contribution in [2.45, 2.75) is 0 Å². The Balaban J connectivity index is 2.02. The van der Waals surface area contributed by atoms with Crippen molar-refractivity contribution in [1.82, 2.24) is 0 Å². The molecule has 7 heteroatoms. The lowest BCUT2D eigenvalue weighted by atomic mass is 10.1. The van der Waals surface area contributed by atoms with Crippen LogP contribution in [0, 0.1) is 11.6 Å². The molecule has 4 nitrogen and oxygen atoms in total. The van der Waals surface area contributed by atoms with Crippen LogP contribution < -0.4 is 4.90 Å². The molecule has 1 amide bonds. The molecule has 0 bridgehead atoms. The van der Waals surface area contributed by atoms with Gasteiger partial charge in [-0.25, -0.2) is 8.78 Å². The Kier molecular flexibility index (Phi) is 3.13. The number of ketones is 2. The highest BCUT2D eigenvalue weighted by Gasteiger charge is 2.41. The summed E-state index contributed by atoms with van der Waals surface area (Å²) in [6, 6.07) is 4.81. The third-order valence-corrected chi connectivity index (χ3v) is 4.02. The predicted octanol–water partition coefficient (Wildman–Crippen LogP) is 2.44. The quantitative estimate of drug-likeness (QED) is 0.646. The van der Waals surface area contributed by atoms with Crippen LogP contribution in [0.1, 0.15) is 20.0 Å². The Morgan fingerprint density at radius 2 is 1.86 bits per heavy atom. The fourth-order valence-electron chi connectivity index (χ4n) is 2.16. The lowest BCUT2D eigenvalue weighted by molar-refractivity contribution is -0.114. The van der Waals surface area contributed by atoms with E-state index in [0.717, 1.165) is 23.5 Å². The van der Waals surface area contributed by atoms with Crippen LogP contribution in [0.2, 0.25) is 0 Å². The van der Waals surface area contributed by atoms with Gasteiger partial charge in [-0.15, -0.1) is 11.3 Å². The van der Waals surface area contributed by atoms with Crippen LogP contribution >= 0.6 is 11.3 Å². The van der Waals surface area contributed by atoms with Crippen molar-refractivity contribution in [3.63, 3.8) is 0 Å². The summed E-state index contributed by atoms with van der Waals surface area (Å²) < 4.78 is 27.5. The molecule has 0 atom stereocenters. The molecule has 1 aliphatic rings. The number of carbonyl (C=O) groups is 3. The molecule has 1 aromatic heterocycles. The van der Waals surface area contributed by atoms with E-state index < -0.39 is 46.9 Å². The molecule has 0 N–H and O–H groups in total. The van der Waals surface area contributed by atoms with Gasteiger partial charge in [0, 0.05) is 0 Å². The van der Waals surface area contributed by atoms with Crippen molar-refractivity contribution in [1.29, 1.82) is 0 Å². The molecular weight excluding hydrogens is 300 g/mol. The summed E-state index contributed by atoms with van der Waals surface area (Å²) in [6.45, 7) is -0.502. The Hall–Kier alpha value is -2.41. The SMILES string of the molecule is O=C(CN1C(=O)C(=O)c2c(F)ccc(F)c21)c1cccs1. The fourth-order valence-corrected chi connectivity index (χ4v) is 2.82. The van der Waals surface area contributed by atoms with Gasteiger partial charge < -0.3 is 0 Å². The predicted molar refractivity (Wildman–Crippen MR) is 71.7 cm³/mol. The standard InChI is InChI=1S/C14H7F2NO3S/c15-7-3-4-8(16)12-11(7)13(19)14(20)17(12)6-9(18)10-2-1-5-21-10/h1-5H,6H2. The van der Waals surface area contributed by atoms with E-state index in [-0.39, 0.29) is 0 Å². The minimum atomic E-state index is -1.14. The van der Waals surface area contributed by atoms with Crippen molar-refractivity contribution < 1.29 is 23.2 Å². The van der Waals surface area contributed by atoms with Crippen LogP contribution in [0.4, 0.5) is 14.5 Å². The van der Waals surface area contributed by atoms with Crippen molar-refractivity contribution in [2.75, 3.05) is 11.4 Å². The highest BCUT2D eigenvalue weighted by atomic mass is 32.1. The molecule has 0 spiro atoms. The van der Waals surface area contributed by atoms with Crippen molar-refractivity contribution in [3.8, 4) is 0 Å². The average Bonchev–Trinajstić information content (AvgIpc) is 3.06. The van der Waals surface area contributed by atoms with Gasteiger partial charge in [0.05, 0.1) is 22.7 Å². The third-order valence-electron chi connectivity index (χ3n) is 3.11. The zero-order valence-electron chi connectivity index (χ0n) is 10.4. The molecule has 106 valence electrons. The van der Waals surface area contributed by atoms with E-state index >= 15 is 0 Å². The second kappa shape index (κ2) is 4.85. The fraction of sp³-hybridized carbons (Fsp3) is 0.0714. The van der Waals surface area contributed by atoms with Crippen molar-refractivity contribution in [2.24, 2.45) is 0 Å². The molecule has 0 unspecified atom stereocenters. The van der Waals surface area contributed by atoms with Crippen LogP contribution in [0.25, 0.3) is 0 Å². The van der Waals surface area contributed by atoms with Gasteiger partial charge in [0.1, 0.15) is 11.6 Å². The number of anilines is 1.